The SMILES string of the molecule is Cc1cccc(C(=O)N2CCC[C@@H](Oc3ncc(C(F)(F)F)cc3Cl)[C@@H]2C)c1-c1ncccn1. The first-order chi connectivity index (χ1) is 16.2. The summed E-state index contributed by atoms with van der Waals surface area (Å²) < 4.78 is 44.6. The van der Waals surface area contributed by atoms with E-state index in [1.54, 1.807) is 29.4 Å². The summed E-state index contributed by atoms with van der Waals surface area (Å²) in [4.78, 5) is 27.7. The van der Waals surface area contributed by atoms with Gasteiger partial charge in [-0.1, -0.05) is 23.7 Å². The quantitative estimate of drug-likeness (QED) is 0.477. The van der Waals surface area contributed by atoms with E-state index in [1.165, 1.54) is 0 Å². The minimum atomic E-state index is -4.55. The Morgan fingerprint density at radius 1 is 1.18 bits per heavy atom. The summed E-state index contributed by atoms with van der Waals surface area (Å²) in [5, 5.41) is -0.229. The third-order valence-corrected chi connectivity index (χ3v) is 6.14. The van der Waals surface area contributed by atoms with Crippen molar-refractivity contribution in [3.63, 3.8) is 0 Å². The number of amides is 1. The topological polar surface area (TPSA) is 68.2 Å². The van der Waals surface area contributed by atoms with Crippen molar-refractivity contribution >= 4 is 17.5 Å². The summed E-state index contributed by atoms with van der Waals surface area (Å²) in [5.41, 5.74) is 1.06. The number of alkyl halides is 3. The molecule has 34 heavy (non-hydrogen) atoms. The second-order valence-electron chi connectivity index (χ2n) is 8.12. The summed E-state index contributed by atoms with van der Waals surface area (Å²) in [6.45, 7) is 4.25. The number of halogens is 4. The number of ether oxygens (including phenoxy) is 1. The number of carbonyl (C=O) groups is 1. The highest BCUT2D eigenvalue weighted by Crippen LogP contribution is 2.35. The number of pyridine rings is 1. The van der Waals surface area contributed by atoms with Crippen LogP contribution in [0.5, 0.6) is 5.88 Å². The average molecular weight is 491 g/mol. The summed E-state index contributed by atoms with van der Waals surface area (Å²) in [5.74, 6) is 0.176. The van der Waals surface area contributed by atoms with Gasteiger partial charge in [-0.2, -0.15) is 13.2 Å². The number of rotatable bonds is 4. The Morgan fingerprint density at radius 3 is 2.59 bits per heavy atom. The van der Waals surface area contributed by atoms with E-state index in [9.17, 15) is 18.0 Å². The summed E-state index contributed by atoms with van der Waals surface area (Å²) in [6, 6.07) is 7.58. The standard InChI is InChI=1S/C24H22ClF3N4O2/c1-14-6-3-7-17(20(14)21-29-9-5-10-30-21)23(33)32-11-4-8-19(15(32)2)34-22-18(25)12-16(13-31-22)24(26,27)28/h3,5-7,9-10,12-13,15,19H,4,8,11H2,1-2H3/t15-,19+/m0/s1. The van der Waals surface area contributed by atoms with Crippen molar-refractivity contribution in [3.05, 3.63) is 70.6 Å². The maximum Gasteiger partial charge on any atom is 0.417 e. The van der Waals surface area contributed by atoms with E-state index < -0.39 is 17.8 Å². The van der Waals surface area contributed by atoms with Gasteiger partial charge in [0.25, 0.3) is 5.91 Å². The summed E-state index contributed by atoms with van der Waals surface area (Å²) in [6.07, 6.45) is 0.157. The van der Waals surface area contributed by atoms with Crippen LogP contribution < -0.4 is 4.74 Å². The fourth-order valence-electron chi connectivity index (χ4n) is 4.09. The van der Waals surface area contributed by atoms with Gasteiger partial charge in [-0.15, -0.1) is 0 Å². The van der Waals surface area contributed by atoms with E-state index in [0.29, 0.717) is 42.5 Å². The van der Waals surface area contributed by atoms with Crippen molar-refractivity contribution in [1.29, 1.82) is 0 Å². The van der Waals surface area contributed by atoms with E-state index in [2.05, 4.69) is 15.0 Å². The maximum atomic E-state index is 13.6. The largest absolute Gasteiger partial charge is 0.471 e. The van der Waals surface area contributed by atoms with E-state index in [-0.39, 0.29) is 22.9 Å². The fourth-order valence-corrected chi connectivity index (χ4v) is 4.30. The molecule has 3 aromatic rings. The monoisotopic (exact) mass is 490 g/mol. The Balaban J connectivity index is 1.58. The Bertz CT molecular complexity index is 1190. The van der Waals surface area contributed by atoms with Crippen LogP contribution in [-0.4, -0.2) is 44.4 Å². The third-order valence-electron chi connectivity index (χ3n) is 5.87. The van der Waals surface area contributed by atoms with Crippen molar-refractivity contribution in [3.8, 4) is 17.3 Å². The molecule has 3 heterocycles. The normalized spacial score (nSPS) is 18.6. The van der Waals surface area contributed by atoms with Gasteiger partial charge in [0.1, 0.15) is 11.1 Å². The number of aryl methyl sites for hydroxylation is 1. The van der Waals surface area contributed by atoms with Gasteiger partial charge in [0, 0.05) is 30.7 Å². The first-order valence-electron chi connectivity index (χ1n) is 10.7. The molecule has 0 aliphatic carbocycles. The number of benzene rings is 1. The smallest absolute Gasteiger partial charge is 0.417 e. The first-order valence-corrected chi connectivity index (χ1v) is 11.1. The van der Waals surface area contributed by atoms with Crippen molar-refractivity contribution in [2.24, 2.45) is 0 Å². The average Bonchev–Trinajstić information content (AvgIpc) is 2.81. The number of piperidine rings is 1. The lowest BCUT2D eigenvalue weighted by Crippen LogP contribution is -2.51. The molecule has 0 spiro atoms. The van der Waals surface area contributed by atoms with E-state index in [0.717, 1.165) is 11.6 Å². The van der Waals surface area contributed by atoms with Crippen LogP contribution >= 0.6 is 11.6 Å². The van der Waals surface area contributed by atoms with Crippen LogP contribution in [0.2, 0.25) is 5.02 Å². The van der Waals surface area contributed by atoms with Crippen molar-refractivity contribution in [2.75, 3.05) is 6.54 Å². The first kappa shape index (κ1) is 23.9. The minimum Gasteiger partial charge on any atom is -0.471 e. The van der Waals surface area contributed by atoms with Gasteiger partial charge in [0.15, 0.2) is 5.82 Å². The van der Waals surface area contributed by atoms with E-state index in [4.69, 9.17) is 16.3 Å². The third kappa shape index (κ3) is 4.84. The van der Waals surface area contributed by atoms with Gasteiger partial charge >= 0.3 is 6.18 Å². The van der Waals surface area contributed by atoms with Gasteiger partial charge in [-0.3, -0.25) is 4.79 Å². The molecule has 1 aromatic carbocycles. The lowest BCUT2D eigenvalue weighted by molar-refractivity contribution is -0.137. The molecular weight excluding hydrogens is 469 g/mol. The molecule has 0 saturated carbocycles. The zero-order valence-corrected chi connectivity index (χ0v) is 19.3. The van der Waals surface area contributed by atoms with Crippen LogP contribution in [0.15, 0.2) is 48.9 Å². The fraction of sp³-hybridized carbons (Fsp3) is 0.333. The van der Waals surface area contributed by atoms with Crippen LogP contribution in [0, 0.1) is 6.92 Å². The highest BCUT2D eigenvalue weighted by Gasteiger charge is 2.36. The predicted octanol–water partition coefficient (Wildman–Crippen LogP) is 5.59. The maximum absolute atomic E-state index is 13.6. The second kappa shape index (κ2) is 9.58. The molecule has 0 radical (unpaired) electrons. The number of likely N-dealkylation sites (tertiary alicyclic amines) is 1. The molecule has 2 aromatic heterocycles. The molecule has 6 nitrogen and oxygen atoms in total. The van der Waals surface area contributed by atoms with Crippen LogP contribution in [0.4, 0.5) is 13.2 Å². The molecule has 10 heteroatoms. The second-order valence-corrected chi connectivity index (χ2v) is 8.52. The number of hydrogen-bond donors (Lipinski definition) is 0. The van der Waals surface area contributed by atoms with Gasteiger partial charge in [-0.25, -0.2) is 15.0 Å². The summed E-state index contributed by atoms with van der Waals surface area (Å²) in [7, 11) is 0. The highest BCUT2D eigenvalue weighted by atomic mass is 35.5. The van der Waals surface area contributed by atoms with Gasteiger partial charge in [0.05, 0.1) is 17.2 Å². The molecule has 4 rings (SSSR count). The Morgan fingerprint density at radius 2 is 1.91 bits per heavy atom. The molecule has 1 amide bonds. The van der Waals surface area contributed by atoms with Gasteiger partial charge < -0.3 is 9.64 Å². The lowest BCUT2D eigenvalue weighted by atomic mass is 9.95. The molecule has 0 unspecified atom stereocenters. The number of carbonyl (C=O) groups excluding carboxylic acids is 1. The van der Waals surface area contributed by atoms with Crippen LogP contribution in [0.25, 0.3) is 11.4 Å². The Kier molecular flexibility index (Phi) is 6.74. The van der Waals surface area contributed by atoms with Crippen LogP contribution in [0.1, 0.15) is 41.3 Å². The van der Waals surface area contributed by atoms with E-state index in [1.807, 2.05) is 26.0 Å². The van der Waals surface area contributed by atoms with Crippen LogP contribution in [-0.2, 0) is 6.18 Å². The van der Waals surface area contributed by atoms with Crippen molar-refractivity contribution in [1.82, 2.24) is 19.9 Å². The molecule has 1 fully saturated rings. The lowest BCUT2D eigenvalue weighted by Gasteiger charge is -2.39. The minimum absolute atomic E-state index is 0.0882. The van der Waals surface area contributed by atoms with E-state index >= 15 is 0 Å². The van der Waals surface area contributed by atoms with Gasteiger partial charge in [-0.05, 0) is 50.5 Å². The number of nitrogens with zero attached hydrogens (tertiary/aromatic N) is 4. The zero-order chi connectivity index (χ0) is 24.5. The molecule has 1 saturated heterocycles. The Labute approximate surface area is 199 Å². The van der Waals surface area contributed by atoms with Crippen molar-refractivity contribution in [2.45, 2.75) is 45.0 Å². The van der Waals surface area contributed by atoms with Gasteiger partial charge in [0.2, 0.25) is 5.88 Å². The Hall–Kier alpha value is -3.20. The molecule has 1 aliphatic heterocycles. The molecule has 178 valence electrons. The molecule has 0 N–H and O–H groups in total. The highest BCUT2D eigenvalue weighted by molar-refractivity contribution is 6.31. The predicted molar refractivity (Wildman–Crippen MR) is 121 cm³/mol. The molecule has 0 bridgehead atoms. The van der Waals surface area contributed by atoms with Crippen LogP contribution in [0.3, 0.4) is 0 Å². The summed E-state index contributed by atoms with van der Waals surface area (Å²) >= 11 is 6.02. The molecular formula is C24H22ClF3N4O2. The molecule has 1 aliphatic rings. The van der Waals surface area contributed by atoms with Crippen molar-refractivity contribution < 1.29 is 22.7 Å². The number of aromatic nitrogens is 3. The molecule has 2 atom stereocenters. The number of hydrogen-bond acceptors (Lipinski definition) is 5. The zero-order valence-electron chi connectivity index (χ0n) is 18.5.